The summed E-state index contributed by atoms with van der Waals surface area (Å²) in [6.45, 7) is 3.90. The molecule has 2 atom stereocenters. The summed E-state index contributed by atoms with van der Waals surface area (Å²) in [5.74, 6) is 1.65. The van der Waals surface area contributed by atoms with Gasteiger partial charge in [0.1, 0.15) is 6.04 Å². The van der Waals surface area contributed by atoms with E-state index in [4.69, 9.17) is 12.2 Å². The van der Waals surface area contributed by atoms with E-state index in [9.17, 15) is 9.59 Å². The van der Waals surface area contributed by atoms with Gasteiger partial charge in [-0.2, -0.15) is 0 Å². The molecule has 0 aliphatic carbocycles. The fourth-order valence-electron chi connectivity index (χ4n) is 1.33. The molecule has 96 valence electrons. The van der Waals surface area contributed by atoms with Crippen LogP contribution in [0.25, 0.3) is 0 Å². The number of rotatable bonds is 6. The molecule has 0 radical (unpaired) electrons. The van der Waals surface area contributed by atoms with Crippen LogP contribution in [0.5, 0.6) is 0 Å². The Bertz CT molecular complexity index is 307. The number of carbonyl (C=O) groups excluding carboxylic acids is 2. The van der Waals surface area contributed by atoms with Crippen molar-refractivity contribution in [1.29, 1.82) is 0 Å². The van der Waals surface area contributed by atoms with Gasteiger partial charge in [-0.15, -0.1) is 12.3 Å². The number of esters is 1. The standard InChI is InChI=1S/C12H20N2O3/c1-5-6-9(13)11(15)14-10(7-8(2)3)12(16)17-4/h1,8-10H,6-7,13H2,2-4H3,(H,14,15). The molecule has 0 aromatic heterocycles. The average molecular weight is 240 g/mol. The monoisotopic (exact) mass is 240 g/mol. The van der Waals surface area contributed by atoms with E-state index in [1.807, 2.05) is 13.8 Å². The van der Waals surface area contributed by atoms with Crippen LogP contribution in [0.4, 0.5) is 0 Å². The molecule has 0 aromatic carbocycles. The van der Waals surface area contributed by atoms with E-state index in [0.29, 0.717) is 6.42 Å². The summed E-state index contributed by atoms with van der Waals surface area (Å²) in [5.41, 5.74) is 5.54. The molecule has 0 aromatic rings. The van der Waals surface area contributed by atoms with Crippen molar-refractivity contribution in [3.8, 4) is 12.3 Å². The third-order valence-electron chi connectivity index (χ3n) is 2.18. The highest BCUT2D eigenvalue weighted by Crippen LogP contribution is 2.06. The Morgan fingerprint density at radius 1 is 1.47 bits per heavy atom. The number of nitrogens with two attached hydrogens (primary N) is 1. The van der Waals surface area contributed by atoms with Crippen LogP contribution >= 0.6 is 0 Å². The van der Waals surface area contributed by atoms with E-state index >= 15 is 0 Å². The highest BCUT2D eigenvalue weighted by molar-refractivity contribution is 5.87. The lowest BCUT2D eigenvalue weighted by atomic mass is 10.0. The Morgan fingerprint density at radius 2 is 2.06 bits per heavy atom. The summed E-state index contributed by atoms with van der Waals surface area (Å²) < 4.78 is 4.62. The molecular weight excluding hydrogens is 220 g/mol. The Balaban J connectivity index is 4.48. The van der Waals surface area contributed by atoms with Crippen LogP contribution in [0.2, 0.25) is 0 Å². The third kappa shape index (κ3) is 5.93. The summed E-state index contributed by atoms with van der Waals surface area (Å²) in [7, 11) is 1.28. The van der Waals surface area contributed by atoms with Crippen LogP contribution in [-0.4, -0.2) is 31.1 Å². The Morgan fingerprint density at radius 3 is 2.47 bits per heavy atom. The molecule has 17 heavy (non-hydrogen) atoms. The highest BCUT2D eigenvalue weighted by atomic mass is 16.5. The van der Waals surface area contributed by atoms with Crippen molar-refractivity contribution in [3.63, 3.8) is 0 Å². The molecule has 3 N–H and O–H groups in total. The van der Waals surface area contributed by atoms with Crippen molar-refractivity contribution in [2.24, 2.45) is 11.7 Å². The summed E-state index contributed by atoms with van der Waals surface area (Å²) >= 11 is 0. The lowest BCUT2D eigenvalue weighted by molar-refractivity contribution is -0.145. The third-order valence-corrected chi connectivity index (χ3v) is 2.18. The van der Waals surface area contributed by atoms with E-state index in [0.717, 1.165) is 0 Å². The zero-order valence-electron chi connectivity index (χ0n) is 10.5. The second-order valence-corrected chi connectivity index (χ2v) is 4.23. The maximum absolute atomic E-state index is 11.6. The van der Waals surface area contributed by atoms with Crippen molar-refractivity contribution in [3.05, 3.63) is 0 Å². The number of hydrogen-bond donors (Lipinski definition) is 2. The van der Waals surface area contributed by atoms with Gasteiger partial charge >= 0.3 is 5.97 Å². The molecule has 0 heterocycles. The van der Waals surface area contributed by atoms with Gasteiger partial charge in [-0.3, -0.25) is 4.79 Å². The fraction of sp³-hybridized carbons (Fsp3) is 0.667. The van der Waals surface area contributed by atoms with E-state index in [1.54, 1.807) is 0 Å². The highest BCUT2D eigenvalue weighted by Gasteiger charge is 2.24. The Labute approximate surface area is 102 Å². The fourth-order valence-corrected chi connectivity index (χ4v) is 1.33. The summed E-state index contributed by atoms with van der Waals surface area (Å²) in [4.78, 5) is 23.1. The number of carbonyl (C=O) groups is 2. The van der Waals surface area contributed by atoms with Gasteiger partial charge in [-0.05, 0) is 12.3 Å². The minimum absolute atomic E-state index is 0.140. The molecule has 0 aliphatic heterocycles. The molecule has 1 amide bonds. The predicted molar refractivity (Wildman–Crippen MR) is 64.8 cm³/mol. The minimum Gasteiger partial charge on any atom is -0.467 e. The molecule has 5 heteroatoms. The van der Waals surface area contributed by atoms with Crippen LogP contribution < -0.4 is 11.1 Å². The first kappa shape index (κ1) is 15.5. The van der Waals surface area contributed by atoms with E-state index in [1.165, 1.54) is 7.11 Å². The topological polar surface area (TPSA) is 81.4 Å². The number of amides is 1. The quantitative estimate of drug-likeness (QED) is 0.507. The van der Waals surface area contributed by atoms with Gasteiger partial charge in [-0.25, -0.2) is 4.79 Å². The van der Waals surface area contributed by atoms with Gasteiger partial charge in [-0.1, -0.05) is 13.8 Å². The first-order valence-corrected chi connectivity index (χ1v) is 5.49. The maximum atomic E-state index is 11.6. The summed E-state index contributed by atoms with van der Waals surface area (Å²) in [6.07, 6.45) is 5.70. The second kappa shape index (κ2) is 7.69. The molecule has 0 saturated carbocycles. The smallest absolute Gasteiger partial charge is 0.328 e. The zero-order valence-corrected chi connectivity index (χ0v) is 10.5. The molecular formula is C12H20N2O3. The second-order valence-electron chi connectivity index (χ2n) is 4.23. The van der Waals surface area contributed by atoms with Crippen molar-refractivity contribution >= 4 is 11.9 Å². The largest absolute Gasteiger partial charge is 0.467 e. The van der Waals surface area contributed by atoms with E-state index in [2.05, 4.69) is 16.0 Å². The van der Waals surface area contributed by atoms with Gasteiger partial charge in [0.25, 0.3) is 0 Å². The predicted octanol–water partition coefficient (Wildman–Crippen LogP) is 0.0409. The molecule has 2 unspecified atom stereocenters. The van der Waals surface area contributed by atoms with Gasteiger partial charge in [0.05, 0.1) is 13.2 Å². The molecule has 0 bridgehead atoms. The van der Waals surface area contributed by atoms with Crippen LogP contribution in [-0.2, 0) is 14.3 Å². The molecule has 0 fully saturated rings. The zero-order chi connectivity index (χ0) is 13.4. The van der Waals surface area contributed by atoms with Crippen LogP contribution in [0.1, 0.15) is 26.7 Å². The molecule has 0 saturated heterocycles. The van der Waals surface area contributed by atoms with Gasteiger partial charge in [0.15, 0.2) is 0 Å². The van der Waals surface area contributed by atoms with Crippen LogP contribution in [0.15, 0.2) is 0 Å². The number of ether oxygens (including phenoxy) is 1. The number of hydrogen-bond acceptors (Lipinski definition) is 4. The summed E-state index contributed by atoms with van der Waals surface area (Å²) in [5, 5.41) is 2.55. The van der Waals surface area contributed by atoms with Gasteiger partial charge < -0.3 is 15.8 Å². The van der Waals surface area contributed by atoms with Crippen molar-refractivity contribution in [2.75, 3.05) is 7.11 Å². The maximum Gasteiger partial charge on any atom is 0.328 e. The van der Waals surface area contributed by atoms with Crippen LogP contribution in [0.3, 0.4) is 0 Å². The number of methoxy groups -OCH3 is 1. The van der Waals surface area contributed by atoms with E-state index in [-0.39, 0.29) is 12.3 Å². The van der Waals surface area contributed by atoms with Crippen molar-refractivity contribution in [2.45, 2.75) is 38.8 Å². The number of terminal acetylenes is 1. The molecule has 5 nitrogen and oxygen atoms in total. The Hall–Kier alpha value is -1.54. The average Bonchev–Trinajstić information content (AvgIpc) is 2.26. The van der Waals surface area contributed by atoms with Crippen molar-refractivity contribution < 1.29 is 14.3 Å². The minimum atomic E-state index is -0.792. The molecule has 0 aliphatic rings. The van der Waals surface area contributed by atoms with Crippen LogP contribution in [0, 0.1) is 18.3 Å². The lowest BCUT2D eigenvalue weighted by Gasteiger charge is -2.19. The normalized spacial score (nSPS) is 13.6. The molecule has 0 spiro atoms. The first-order valence-electron chi connectivity index (χ1n) is 5.49. The summed E-state index contributed by atoms with van der Waals surface area (Å²) in [6, 6.07) is -1.46. The van der Waals surface area contributed by atoms with Gasteiger partial charge in [0.2, 0.25) is 5.91 Å². The van der Waals surface area contributed by atoms with E-state index < -0.39 is 24.0 Å². The number of nitrogens with one attached hydrogen (secondary N) is 1. The Kier molecular flexibility index (Phi) is 6.99. The lowest BCUT2D eigenvalue weighted by Crippen LogP contribution is -2.49. The molecule has 0 rings (SSSR count). The first-order chi connectivity index (χ1) is 7.92. The SMILES string of the molecule is C#CCC(N)C(=O)NC(CC(C)C)C(=O)OC. The van der Waals surface area contributed by atoms with Crippen molar-refractivity contribution in [1.82, 2.24) is 5.32 Å². The van der Waals surface area contributed by atoms with Gasteiger partial charge in [0, 0.05) is 6.42 Å².